The second-order valence-electron chi connectivity index (χ2n) is 4.78. The van der Waals surface area contributed by atoms with Gasteiger partial charge in [-0.1, -0.05) is 12.1 Å². The summed E-state index contributed by atoms with van der Waals surface area (Å²) in [5.74, 6) is -0.184. The molecule has 0 spiro atoms. The Labute approximate surface area is 111 Å². The molecule has 0 saturated heterocycles. The van der Waals surface area contributed by atoms with Gasteiger partial charge in [0.25, 0.3) is 0 Å². The molecular weight excluding hydrogens is 241 g/mol. The maximum atomic E-state index is 13.2. The molecule has 0 saturated carbocycles. The third-order valence-corrected chi connectivity index (χ3v) is 3.37. The molecule has 0 radical (unpaired) electrons. The SMILES string of the molecule is Fc1cccc(CC2NCC3=C(C=CN=CC3)N2)c1. The van der Waals surface area contributed by atoms with Gasteiger partial charge < -0.3 is 5.32 Å². The Morgan fingerprint density at radius 2 is 2.32 bits per heavy atom. The number of rotatable bonds is 2. The lowest BCUT2D eigenvalue weighted by molar-refractivity contribution is 0.449. The molecule has 3 nitrogen and oxygen atoms in total. The Hall–Kier alpha value is -1.94. The van der Waals surface area contributed by atoms with Crippen molar-refractivity contribution in [1.82, 2.24) is 10.6 Å². The van der Waals surface area contributed by atoms with E-state index < -0.39 is 0 Å². The number of halogens is 1. The highest BCUT2D eigenvalue weighted by molar-refractivity contribution is 5.64. The summed E-state index contributed by atoms with van der Waals surface area (Å²) in [5, 5.41) is 6.87. The van der Waals surface area contributed by atoms with Crippen molar-refractivity contribution in [2.24, 2.45) is 4.99 Å². The molecule has 0 aromatic heterocycles. The Bertz CT molecular complexity index is 560. The van der Waals surface area contributed by atoms with Crippen molar-refractivity contribution >= 4 is 6.21 Å². The molecule has 2 aliphatic heterocycles. The van der Waals surface area contributed by atoms with Gasteiger partial charge in [0.2, 0.25) is 0 Å². The van der Waals surface area contributed by atoms with E-state index in [2.05, 4.69) is 15.6 Å². The number of allylic oxidation sites excluding steroid dienone is 1. The average molecular weight is 257 g/mol. The summed E-state index contributed by atoms with van der Waals surface area (Å²) in [7, 11) is 0. The van der Waals surface area contributed by atoms with E-state index in [1.54, 1.807) is 18.3 Å². The summed E-state index contributed by atoms with van der Waals surface area (Å²) in [4.78, 5) is 4.15. The molecule has 2 aliphatic rings. The lowest BCUT2D eigenvalue weighted by Crippen LogP contribution is -2.48. The summed E-state index contributed by atoms with van der Waals surface area (Å²) in [6.07, 6.45) is 7.47. The van der Waals surface area contributed by atoms with E-state index in [-0.39, 0.29) is 12.0 Å². The highest BCUT2D eigenvalue weighted by atomic mass is 19.1. The molecule has 1 atom stereocenters. The van der Waals surface area contributed by atoms with Gasteiger partial charge in [-0.3, -0.25) is 10.3 Å². The smallest absolute Gasteiger partial charge is 0.123 e. The molecule has 0 fully saturated rings. The summed E-state index contributed by atoms with van der Waals surface area (Å²) in [6, 6.07) is 6.75. The van der Waals surface area contributed by atoms with Gasteiger partial charge in [0.15, 0.2) is 0 Å². The van der Waals surface area contributed by atoms with Gasteiger partial charge >= 0.3 is 0 Å². The van der Waals surface area contributed by atoms with Gasteiger partial charge in [-0.05, 0) is 29.3 Å². The van der Waals surface area contributed by atoms with Gasteiger partial charge in [-0.15, -0.1) is 0 Å². The number of hydrogen-bond donors (Lipinski definition) is 2. The molecule has 1 unspecified atom stereocenters. The molecule has 0 amide bonds. The molecule has 0 bridgehead atoms. The third kappa shape index (κ3) is 2.90. The number of benzene rings is 1. The van der Waals surface area contributed by atoms with Crippen molar-refractivity contribution in [3.63, 3.8) is 0 Å². The van der Waals surface area contributed by atoms with E-state index in [1.165, 1.54) is 11.6 Å². The van der Waals surface area contributed by atoms with Crippen LogP contribution in [0.1, 0.15) is 12.0 Å². The van der Waals surface area contributed by atoms with Gasteiger partial charge in [-0.25, -0.2) is 4.39 Å². The second kappa shape index (κ2) is 5.36. The lowest BCUT2D eigenvalue weighted by atomic mass is 10.0. The van der Waals surface area contributed by atoms with Crippen LogP contribution in [-0.4, -0.2) is 18.9 Å². The first-order chi connectivity index (χ1) is 9.31. The summed E-state index contributed by atoms with van der Waals surface area (Å²) in [5.41, 5.74) is 3.44. The van der Waals surface area contributed by atoms with Crippen LogP contribution in [-0.2, 0) is 6.42 Å². The maximum absolute atomic E-state index is 13.2. The average Bonchev–Trinajstić information content (AvgIpc) is 2.63. The first-order valence-corrected chi connectivity index (χ1v) is 6.46. The third-order valence-electron chi connectivity index (χ3n) is 3.37. The molecule has 98 valence electrons. The van der Waals surface area contributed by atoms with Crippen molar-refractivity contribution in [2.45, 2.75) is 19.0 Å². The minimum atomic E-state index is -0.184. The second-order valence-corrected chi connectivity index (χ2v) is 4.78. The summed E-state index contributed by atoms with van der Waals surface area (Å²) < 4.78 is 13.2. The lowest BCUT2D eigenvalue weighted by Gasteiger charge is -2.29. The fourth-order valence-corrected chi connectivity index (χ4v) is 2.39. The van der Waals surface area contributed by atoms with Crippen LogP contribution in [0.5, 0.6) is 0 Å². The quantitative estimate of drug-likeness (QED) is 0.851. The highest BCUT2D eigenvalue weighted by Gasteiger charge is 2.18. The number of aliphatic imine (C=N–C) groups is 1. The van der Waals surface area contributed by atoms with E-state index >= 15 is 0 Å². The van der Waals surface area contributed by atoms with Gasteiger partial charge in [0.1, 0.15) is 5.82 Å². The zero-order valence-corrected chi connectivity index (χ0v) is 10.6. The van der Waals surface area contributed by atoms with E-state index in [0.29, 0.717) is 0 Å². The van der Waals surface area contributed by atoms with Crippen LogP contribution in [0.15, 0.2) is 52.8 Å². The van der Waals surface area contributed by atoms with Crippen molar-refractivity contribution in [3.8, 4) is 0 Å². The zero-order valence-electron chi connectivity index (χ0n) is 10.6. The van der Waals surface area contributed by atoms with E-state index in [0.717, 1.165) is 30.6 Å². The largest absolute Gasteiger partial charge is 0.369 e. The summed E-state index contributed by atoms with van der Waals surface area (Å²) >= 11 is 0. The molecule has 4 heteroatoms. The number of hydrogen-bond acceptors (Lipinski definition) is 3. The maximum Gasteiger partial charge on any atom is 0.123 e. The van der Waals surface area contributed by atoms with Crippen LogP contribution in [0.4, 0.5) is 4.39 Å². The summed E-state index contributed by atoms with van der Waals surface area (Å²) in [6.45, 7) is 0.846. The minimum absolute atomic E-state index is 0.128. The first-order valence-electron chi connectivity index (χ1n) is 6.46. The Kier molecular flexibility index (Phi) is 3.42. The van der Waals surface area contributed by atoms with Crippen LogP contribution in [0.3, 0.4) is 0 Å². The van der Waals surface area contributed by atoms with Gasteiger partial charge in [0.05, 0.1) is 6.17 Å². The van der Waals surface area contributed by atoms with E-state index in [1.807, 2.05) is 18.4 Å². The molecule has 1 aromatic rings. The fraction of sp³-hybridized carbons (Fsp3) is 0.267. The Morgan fingerprint density at radius 3 is 3.21 bits per heavy atom. The molecule has 0 aliphatic carbocycles. The first kappa shape index (κ1) is 12.1. The highest BCUT2D eigenvalue weighted by Crippen LogP contribution is 2.15. The molecule has 1 aromatic carbocycles. The van der Waals surface area contributed by atoms with Crippen LogP contribution in [0, 0.1) is 5.82 Å². The van der Waals surface area contributed by atoms with Gasteiger partial charge in [-0.2, -0.15) is 0 Å². The standard InChI is InChI=1S/C15H16FN3/c16-13-3-1-2-11(8-13)9-15-18-10-12-4-6-17-7-5-14(12)19-15/h1-3,5-8,15,18-19H,4,9-10H2. The van der Waals surface area contributed by atoms with Crippen molar-refractivity contribution < 1.29 is 4.39 Å². The van der Waals surface area contributed by atoms with Crippen LogP contribution < -0.4 is 10.6 Å². The van der Waals surface area contributed by atoms with E-state index in [4.69, 9.17) is 0 Å². The monoisotopic (exact) mass is 257 g/mol. The normalized spacial score (nSPS) is 21.8. The van der Waals surface area contributed by atoms with Gasteiger partial charge in [0, 0.05) is 37.5 Å². The Morgan fingerprint density at radius 1 is 1.37 bits per heavy atom. The number of nitrogens with one attached hydrogen (secondary N) is 2. The molecule has 3 rings (SSSR count). The topological polar surface area (TPSA) is 36.4 Å². The van der Waals surface area contributed by atoms with Crippen molar-refractivity contribution in [1.29, 1.82) is 0 Å². The fourth-order valence-electron chi connectivity index (χ4n) is 2.39. The predicted molar refractivity (Wildman–Crippen MR) is 74.3 cm³/mol. The minimum Gasteiger partial charge on any atom is -0.369 e. The van der Waals surface area contributed by atoms with Crippen LogP contribution in [0.25, 0.3) is 0 Å². The predicted octanol–water partition coefficient (Wildman–Crippen LogP) is 2.13. The zero-order chi connectivity index (χ0) is 13.1. The van der Waals surface area contributed by atoms with Crippen molar-refractivity contribution in [3.05, 3.63) is 59.2 Å². The molecule has 19 heavy (non-hydrogen) atoms. The van der Waals surface area contributed by atoms with Crippen LogP contribution >= 0.6 is 0 Å². The van der Waals surface area contributed by atoms with Crippen molar-refractivity contribution in [2.75, 3.05) is 6.54 Å². The molecule has 2 N–H and O–H groups in total. The number of nitrogens with zero attached hydrogens (tertiary/aromatic N) is 1. The molecule has 2 heterocycles. The van der Waals surface area contributed by atoms with Crippen LogP contribution in [0.2, 0.25) is 0 Å². The van der Waals surface area contributed by atoms with E-state index in [9.17, 15) is 4.39 Å². The Balaban J connectivity index is 1.70. The molecular formula is C15H16FN3.